The lowest BCUT2D eigenvalue weighted by molar-refractivity contribution is 0.0197. The first kappa shape index (κ1) is 36.0. The fourth-order valence-electron chi connectivity index (χ4n) is 6.53. The lowest BCUT2D eigenvalue weighted by Crippen LogP contribution is -2.42. The number of ether oxygens (including phenoxy) is 2. The van der Waals surface area contributed by atoms with Crippen LogP contribution in [0, 0.1) is 0 Å². The first-order valence-electron chi connectivity index (χ1n) is 17.0. The Morgan fingerprint density at radius 3 is 1.90 bits per heavy atom. The third-order valence-corrected chi connectivity index (χ3v) is 8.67. The fourth-order valence-corrected chi connectivity index (χ4v) is 6.53. The number of fused-ring (bicyclic) bond motifs is 2. The van der Waals surface area contributed by atoms with Gasteiger partial charge in [0.15, 0.2) is 0 Å². The van der Waals surface area contributed by atoms with Crippen molar-refractivity contribution in [3.05, 3.63) is 77.1 Å². The standard InChI is InChI=1S/C19H25N3O3.C19H23N3O3/c2*1-19(2,3)25-18(24)22-10-4-5-12(11-22)13-6-7-15(17(20)23)16-14(13)8-9-21-16/h6-9,12,21H,4-5,10-11H2,1-3H3,(H2,20,23);5-9,21H,4,10-11H2,1-3H3,(H2,20,23). The Labute approximate surface area is 292 Å². The molecule has 6 rings (SSSR count). The van der Waals surface area contributed by atoms with Gasteiger partial charge in [-0.2, -0.15) is 0 Å². The molecule has 0 spiro atoms. The van der Waals surface area contributed by atoms with Gasteiger partial charge in [0.1, 0.15) is 11.2 Å². The minimum absolute atomic E-state index is 0.210. The molecule has 1 unspecified atom stereocenters. The van der Waals surface area contributed by atoms with E-state index in [-0.39, 0.29) is 18.1 Å². The predicted molar refractivity (Wildman–Crippen MR) is 194 cm³/mol. The Hall–Kier alpha value is -5.26. The first-order chi connectivity index (χ1) is 23.5. The summed E-state index contributed by atoms with van der Waals surface area (Å²) >= 11 is 0. The summed E-state index contributed by atoms with van der Waals surface area (Å²) in [7, 11) is 0. The molecule has 50 heavy (non-hydrogen) atoms. The smallest absolute Gasteiger partial charge is 0.410 e. The average Bonchev–Trinajstić information content (AvgIpc) is 3.73. The Kier molecular flexibility index (Phi) is 10.3. The molecule has 12 heteroatoms. The minimum Gasteiger partial charge on any atom is -0.444 e. The van der Waals surface area contributed by atoms with Crippen LogP contribution >= 0.6 is 0 Å². The molecule has 2 aromatic carbocycles. The number of amides is 4. The number of hydrogen-bond acceptors (Lipinski definition) is 6. The highest BCUT2D eigenvalue weighted by Crippen LogP contribution is 2.34. The summed E-state index contributed by atoms with van der Waals surface area (Å²) < 4.78 is 11.0. The lowest BCUT2D eigenvalue weighted by atomic mass is 9.88. The van der Waals surface area contributed by atoms with E-state index >= 15 is 0 Å². The molecule has 2 aromatic heterocycles. The van der Waals surface area contributed by atoms with Gasteiger partial charge in [-0.25, -0.2) is 9.59 Å². The summed E-state index contributed by atoms with van der Waals surface area (Å²) in [4.78, 5) is 57.6. The molecule has 1 fully saturated rings. The van der Waals surface area contributed by atoms with Crippen molar-refractivity contribution in [1.29, 1.82) is 0 Å². The molecule has 4 amide bonds. The highest BCUT2D eigenvalue weighted by molar-refractivity contribution is 6.08. The zero-order valence-electron chi connectivity index (χ0n) is 29.7. The van der Waals surface area contributed by atoms with Crippen LogP contribution in [0.25, 0.3) is 27.4 Å². The van der Waals surface area contributed by atoms with Gasteiger partial charge in [0.25, 0.3) is 11.8 Å². The minimum atomic E-state index is -0.518. The van der Waals surface area contributed by atoms with E-state index in [1.165, 1.54) is 0 Å². The third kappa shape index (κ3) is 8.30. The Morgan fingerprint density at radius 1 is 0.740 bits per heavy atom. The number of carbonyl (C=O) groups is 4. The van der Waals surface area contributed by atoms with Crippen LogP contribution in [0.3, 0.4) is 0 Å². The van der Waals surface area contributed by atoms with Crippen molar-refractivity contribution in [1.82, 2.24) is 19.8 Å². The van der Waals surface area contributed by atoms with E-state index in [0.29, 0.717) is 37.3 Å². The number of rotatable bonds is 4. The molecule has 0 bridgehead atoms. The van der Waals surface area contributed by atoms with Crippen LogP contribution < -0.4 is 11.5 Å². The van der Waals surface area contributed by atoms with Crippen LogP contribution in [-0.2, 0) is 9.47 Å². The van der Waals surface area contributed by atoms with Gasteiger partial charge in [0, 0.05) is 55.3 Å². The molecule has 1 saturated heterocycles. The van der Waals surface area contributed by atoms with Crippen LogP contribution in [0.15, 0.2) is 54.9 Å². The zero-order valence-corrected chi connectivity index (χ0v) is 29.7. The van der Waals surface area contributed by atoms with Gasteiger partial charge in [0.05, 0.1) is 22.2 Å². The van der Waals surface area contributed by atoms with Gasteiger partial charge < -0.3 is 40.7 Å². The number of primary amides is 2. The number of benzene rings is 2. The molecule has 266 valence electrons. The number of likely N-dealkylation sites (tertiary alicyclic amines) is 1. The maximum Gasteiger partial charge on any atom is 0.410 e. The topological polar surface area (TPSA) is 177 Å². The van der Waals surface area contributed by atoms with Crippen LogP contribution in [0.2, 0.25) is 0 Å². The quantitative estimate of drug-likeness (QED) is 0.187. The lowest BCUT2D eigenvalue weighted by Gasteiger charge is -2.34. The van der Waals surface area contributed by atoms with Crippen LogP contribution in [0.5, 0.6) is 0 Å². The molecule has 4 heterocycles. The normalized spacial score (nSPS) is 16.8. The fraction of sp³-hybridized carbons (Fsp3) is 0.421. The molecule has 4 aromatic rings. The maximum atomic E-state index is 12.4. The summed E-state index contributed by atoms with van der Waals surface area (Å²) in [5, 5.41) is 1.92. The second kappa shape index (κ2) is 14.3. The molecule has 0 saturated carbocycles. The zero-order chi connectivity index (χ0) is 36.4. The number of aromatic nitrogens is 2. The van der Waals surface area contributed by atoms with E-state index in [0.717, 1.165) is 57.8 Å². The van der Waals surface area contributed by atoms with Gasteiger partial charge in [-0.3, -0.25) is 9.59 Å². The third-order valence-electron chi connectivity index (χ3n) is 8.67. The molecular formula is C38H48N6O6. The van der Waals surface area contributed by atoms with Gasteiger partial charge in [-0.15, -0.1) is 0 Å². The van der Waals surface area contributed by atoms with Gasteiger partial charge in [-0.1, -0.05) is 18.2 Å². The summed E-state index contributed by atoms with van der Waals surface area (Å²) in [5.41, 5.74) is 15.5. The summed E-state index contributed by atoms with van der Waals surface area (Å²) in [5.74, 6) is -0.702. The highest BCUT2D eigenvalue weighted by Gasteiger charge is 2.30. The van der Waals surface area contributed by atoms with Crippen molar-refractivity contribution in [2.45, 2.75) is 77.9 Å². The number of aromatic amines is 2. The van der Waals surface area contributed by atoms with Gasteiger partial charge in [0.2, 0.25) is 0 Å². The van der Waals surface area contributed by atoms with E-state index in [2.05, 4.69) is 16.0 Å². The number of carbonyl (C=O) groups excluding carboxylic acids is 4. The van der Waals surface area contributed by atoms with Crippen molar-refractivity contribution in [2.75, 3.05) is 26.2 Å². The van der Waals surface area contributed by atoms with Crippen molar-refractivity contribution < 1.29 is 28.7 Å². The second-order valence-corrected chi connectivity index (χ2v) is 14.8. The SMILES string of the molecule is CC(C)(C)OC(=O)N1CCC=C(c2ccc(C(N)=O)c3[nH]ccc23)C1.CC(C)(C)OC(=O)N1CCCC(c2ccc(C(N)=O)c3[nH]ccc23)C1. The Bertz CT molecular complexity index is 1940. The second-order valence-electron chi connectivity index (χ2n) is 14.8. The largest absolute Gasteiger partial charge is 0.444 e. The molecule has 6 N–H and O–H groups in total. The Morgan fingerprint density at radius 2 is 1.30 bits per heavy atom. The Balaban J connectivity index is 0.000000194. The monoisotopic (exact) mass is 684 g/mol. The number of hydrogen-bond donors (Lipinski definition) is 4. The summed E-state index contributed by atoms with van der Waals surface area (Å²) in [6, 6.07) is 11.2. The van der Waals surface area contributed by atoms with E-state index in [9.17, 15) is 19.2 Å². The van der Waals surface area contributed by atoms with Crippen LogP contribution in [0.1, 0.15) is 98.6 Å². The number of H-pyrrole nitrogens is 2. The van der Waals surface area contributed by atoms with Crippen LogP contribution in [0.4, 0.5) is 9.59 Å². The molecule has 0 aliphatic carbocycles. The summed E-state index contributed by atoms with van der Waals surface area (Å²) in [6.45, 7) is 13.6. The molecule has 2 aliphatic heterocycles. The van der Waals surface area contributed by atoms with Crippen molar-refractivity contribution in [3.63, 3.8) is 0 Å². The highest BCUT2D eigenvalue weighted by atomic mass is 16.6. The van der Waals surface area contributed by atoms with Crippen molar-refractivity contribution in [2.24, 2.45) is 11.5 Å². The van der Waals surface area contributed by atoms with Gasteiger partial charge >= 0.3 is 12.2 Å². The van der Waals surface area contributed by atoms with Crippen molar-refractivity contribution >= 4 is 51.4 Å². The van der Waals surface area contributed by atoms with E-state index in [4.69, 9.17) is 20.9 Å². The molecule has 0 radical (unpaired) electrons. The summed E-state index contributed by atoms with van der Waals surface area (Å²) in [6.07, 6.45) is 7.84. The van der Waals surface area contributed by atoms with Gasteiger partial charge in [-0.05, 0) is 102 Å². The number of nitrogens with one attached hydrogen (secondary N) is 2. The van der Waals surface area contributed by atoms with Crippen molar-refractivity contribution in [3.8, 4) is 0 Å². The number of piperidine rings is 1. The number of nitrogens with zero attached hydrogens (tertiary/aromatic N) is 2. The van der Waals surface area contributed by atoms with E-state index < -0.39 is 23.0 Å². The van der Waals surface area contributed by atoms with Crippen LogP contribution in [-0.4, -0.2) is 81.1 Å². The molecule has 12 nitrogen and oxygen atoms in total. The molecule has 1 atom stereocenters. The molecule has 2 aliphatic rings. The van der Waals surface area contributed by atoms with E-state index in [1.54, 1.807) is 28.1 Å². The first-order valence-corrected chi connectivity index (χ1v) is 17.0. The average molecular weight is 685 g/mol. The number of nitrogens with two attached hydrogens (primary N) is 2. The predicted octanol–water partition coefficient (Wildman–Crippen LogP) is 6.67. The van der Waals surface area contributed by atoms with E-state index in [1.807, 2.05) is 72.0 Å². The molecular weight excluding hydrogens is 636 g/mol. The maximum absolute atomic E-state index is 12.4.